The third-order valence-electron chi connectivity index (χ3n) is 9.65. The highest BCUT2D eigenvalue weighted by molar-refractivity contribution is 6.11. The van der Waals surface area contributed by atoms with Crippen LogP contribution in [-0.4, -0.2) is 9.55 Å². The summed E-state index contributed by atoms with van der Waals surface area (Å²) in [5, 5.41) is 10.1. The molecular formula is C44H28N2. The van der Waals surface area contributed by atoms with Gasteiger partial charge in [0.2, 0.25) is 0 Å². The number of nitrogens with one attached hydrogen (secondary N) is 1. The molecule has 46 heavy (non-hydrogen) atoms. The molecule has 10 aromatic rings. The molecule has 2 aromatic heterocycles. The van der Waals surface area contributed by atoms with E-state index in [-0.39, 0.29) is 0 Å². The Labute approximate surface area is 265 Å². The molecule has 0 aliphatic heterocycles. The third-order valence-corrected chi connectivity index (χ3v) is 9.65. The van der Waals surface area contributed by atoms with Crippen molar-refractivity contribution >= 4 is 65.2 Å². The Morgan fingerprint density at radius 2 is 0.935 bits per heavy atom. The van der Waals surface area contributed by atoms with E-state index in [1.54, 1.807) is 0 Å². The molecule has 0 fully saturated rings. The maximum Gasteiger partial charge on any atom is 0.0541 e. The molecule has 2 nitrogen and oxygen atoms in total. The lowest BCUT2D eigenvalue weighted by Gasteiger charge is -2.10. The second-order valence-electron chi connectivity index (χ2n) is 12.3. The zero-order valence-electron chi connectivity index (χ0n) is 25.0. The van der Waals surface area contributed by atoms with Crippen molar-refractivity contribution in [1.82, 2.24) is 9.55 Å². The van der Waals surface area contributed by atoms with Gasteiger partial charge in [-0.2, -0.15) is 0 Å². The molecule has 0 saturated heterocycles. The Bertz CT molecular complexity index is 2760. The lowest BCUT2D eigenvalue weighted by molar-refractivity contribution is 1.18. The van der Waals surface area contributed by atoms with Gasteiger partial charge >= 0.3 is 0 Å². The van der Waals surface area contributed by atoms with E-state index < -0.39 is 0 Å². The molecule has 0 aliphatic rings. The molecule has 0 unspecified atom stereocenters. The summed E-state index contributed by atoms with van der Waals surface area (Å²) in [7, 11) is 0. The number of hydrogen-bond acceptors (Lipinski definition) is 0. The lowest BCUT2D eigenvalue weighted by Crippen LogP contribution is -1.94. The fourth-order valence-corrected chi connectivity index (χ4v) is 7.41. The Morgan fingerprint density at radius 3 is 1.74 bits per heavy atom. The second kappa shape index (κ2) is 9.69. The van der Waals surface area contributed by atoms with Crippen molar-refractivity contribution in [2.45, 2.75) is 0 Å². The topological polar surface area (TPSA) is 20.7 Å². The van der Waals surface area contributed by atoms with E-state index in [1.807, 2.05) is 0 Å². The fourth-order valence-electron chi connectivity index (χ4n) is 7.41. The molecule has 0 saturated carbocycles. The molecule has 10 rings (SSSR count). The first-order chi connectivity index (χ1) is 22.8. The van der Waals surface area contributed by atoms with Gasteiger partial charge in [0.05, 0.1) is 11.0 Å². The number of hydrogen-bond donors (Lipinski definition) is 1. The van der Waals surface area contributed by atoms with E-state index in [2.05, 4.69) is 173 Å². The highest BCUT2D eigenvalue weighted by Crippen LogP contribution is 2.36. The molecule has 8 aromatic carbocycles. The number of para-hydroxylation sites is 2. The van der Waals surface area contributed by atoms with E-state index in [0.29, 0.717) is 0 Å². The van der Waals surface area contributed by atoms with E-state index >= 15 is 0 Å². The van der Waals surface area contributed by atoms with Gasteiger partial charge in [0.1, 0.15) is 0 Å². The predicted molar refractivity (Wildman–Crippen MR) is 196 cm³/mol. The summed E-state index contributed by atoms with van der Waals surface area (Å²) in [5.74, 6) is 0. The summed E-state index contributed by atoms with van der Waals surface area (Å²) in [6.45, 7) is 0. The number of aromatic nitrogens is 2. The molecule has 0 bridgehead atoms. The smallest absolute Gasteiger partial charge is 0.0541 e. The van der Waals surface area contributed by atoms with E-state index in [4.69, 9.17) is 0 Å². The average Bonchev–Trinajstić information content (AvgIpc) is 3.65. The van der Waals surface area contributed by atoms with Crippen LogP contribution in [0.3, 0.4) is 0 Å². The van der Waals surface area contributed by atoms with Crippen LogP contribution in [-0.2, 0) is 0 Å². The number of benzene rings is 8. The first-order valence-corrected chi connectivity index (χ1v) is 15.8. The Kier molecular flexibility index (Phi) is 5.31. The third kappa shape index (κ3) is 3.84. The Balaban J connectivity index is 1.06. The van der Waals surface area contributed by atoms with Gasteiger partial charge < -0.3 is 9.55 Å². The van der Waals surface area contributed by atoms with Gasteiger partial charge in [-0.05, 0) is 104 Å². The molecule has 0 spiro atoms. The standard InChI is InChI=1S/C44H28N2/c1-2-9-29-23-35-24-31(16-17-32(35)22-28(29)8-1)34-18-20-37-40-26-33(19-21-41(40)45-42(37)27-34)30-10-7-11-36(25-30)46-43-14-5-3-12-38(43)39-13-4-6-15-44(39)46/h1-27,45H. The van der Waals surface area contributed by atoms with Crippen LogP contribution in [0, 0.1) is 0 Å². The van der Waals surface area contributed by atoms with E-state index in [9.17, 15) is 0 Å². The van der Waals surface area contributed by atoms with Gasteiger partial charge in [0.25, 0.3) is 0 Å². The summed E-state index contributed by atoms with van der Waals surface area (Å²) < 4.78 is 2.38. The summed E-state index contributed by atoms with van der Waals surface area (Å²) >= 11 is 0. The minimum Gasteiger partial charge on any atom is -0.354 e. The normalized spacial score (nSPS) is 11.9. The van der Waals surface area contributed by atoms with Crippen LogP contribution in [0.25, 0.3) is 93.1 Å². The van der Waals surface area contributed by atoms with Crippen LogP contribution in [0.4, 0.5) is 0 Å². The molecule has 214 valence electrons. The fraction of sp³-hybridized carbons (Fsp3) is 0. The van der Waals surface area contributed by atoms with Crippen LogP contribution in [0.15, 0.2) is 164 Å². The van der Waals surface area contributed by atoms with Crippen LogP contribution in [0.5, 0.6) is 0 Å². The minimum atomic E-state index is 1.15. The second-order valence-corrected chi connectivity index (χ2v) is 12.3. The number of H-pyrrole nitrogens is 1. The number of nitrogens with zero attached hydrogens (tertiary/aromatic N) is 1. The predicted octanol–water partition coefficient (Wildman–Crippen LogP) is 12.1. The first kappa shape index (κ1) is 25.2. The number of fused-ring (bicyclic) bond motifs is 8. The molecule has 2 heterocycles. The van der Waals surface area contributed by atoms with Gasteiger partial charge in [-0.25, -0.2) is 0 Å². The van der Waals surface area contributed by atoms with E-state index in [0.717, 1.165) is 11.0 Å². The van der Waals surface area contributed by atoms with Crippen molar-refractivity contribution in [3.05, 3.63) is 164 Å². The van der Waals surface area contributed by atoms with E-state index in [1.165, 1.54) is 82.1 Å². The zero-order chi connectivity index (χ0) is 30.2. The van der Waals surface area contributed by atoms with Crippen molar-refractivity contribution in [1.29, 1.82) is 0 Å². The van der Waals surface area contributed by atoms with Crippen molar-refractivity contribution in [2.24, 2.45) is 0 Å². The van der Waals surface area contributed by atoms with Crippen LogP contribution in [0.2, 0.25) is 0 Å². The van der Waals surface area contributed by atoms with Gasteiger partial charge in [0.15, 0.2) is 0 Å². The van der Waals surface area contributed by atoms with Gasteiger partial charge in [-0.15, -0.1) is 0 Å². The molecule has 0 radical (unpaired) electrons. The van der Waals surface area contributed by atoms with Crippen molar-refractivity contribution < 1.29 is 0 Å². The monoisotopic (exact) mass is 584 g/mol. The Morgan fingerprint density at radius 1 is 0.326 bits per heavy atom. The SMILES string of the molecule is c1cc(-c2ccc3[nH]c4cc(-c5ccc6cc7ccccc7cc6c5)ccc4c3c2)cc(-n2c3ccccc3c3ccccc32)c1. The summed E-state index contributed by atoms with van der Waals surface area (Å²) in [6.07, 6.45) is 0. The molecule has 0 aliphatic carbocycles. The lowest BCUT2D eigenvalue weighted by atomic mass is 9.97. The summed E-state index contributed by atoms with van der Waals surface area (Å²) in [6, 6.07) is 59.8. The highest BCUT2D eigenvalue weighted by atomic mass is 15.0. The molecule has 0 atom stereocenters. The molecule has 0 amide bonds. The number of rotatable bonds is 3. The maximum atomic E-state index is 3.70. The van der Waals surface area contributed by atoms with Gasteiger partial charge in [0, 0.05) is 38.3 Å². The first-order valence-electron chi connectivity index (χ1n) is 15.8. The van der Waals surface area contributed by atoms with Gasteiger partial charge in [-0.3, -0.25) is 0 Å². The van der Waals surface area contributed by atoms with Crippen molar-refractivity contribution in [3.8, 4) is 27.9 Å². The maximum absolute atomic E-state index is 3.70. The highest BCUT2D eigenvalue weighted by Gasteiger charge is 2.13. The largest absolute Gasteiger partial charge is 0.354 e. The summed E-state index contributed by atoms with van der Waals surface area (Å²) in [5.41, 5.74) is 10.8. The van der Waals surface area contributed by atoms with Crippen LogP contribution < -0.4 is 0 Å². The van der Waals surface area contributed by atoms with Crippen molar-refractivity contribution in [2.75, 3.05) is 0 Å². The zero-order valence-corrected chi connectivity index (χ0v) is 25.0. The van der Waals surface area contributed by atoms with Gasteiger partial charge in [-0.1, -0.05) is 103 Å². The molecule has 1 N–H and O–H groups in total. The minimum absolute atomic E-state index is 1.15. The van der Waals surface area contributed by atoms with Crippen LogP contribution in [0.1, 0.15) is 0 Å². The van der Waals surface area contributed by atoms with Crippen LogP contribution >= 0.6 is 0 Å². The summed E-state index contributed by atoms with van der Waals surface area (Å²) in [4.78, 5) is 3.70. The quantitative estimate of drug-likeness (QED) is 0.199. The molecular weight excluding hydrogens is 556 g/mol. The number of aromatic amines is 1. The Hall–Kier alpha value is -6.12. The van der Waals surface area contributed by atoms with Crippen molar-refractivity contribution in [3.63, 3.8) is 0 Å². The average molecular weight is 585 g/mol. The molecule has 2 heteroatoms.